The van der Waals surface area contributed by atoms with E-state index in [1.165, 1.54) is 11.0 Å². The number of amides is 4. The number of pyridine rings is 1. The Kier molecular flexibility index (Phi) is 9.66. The fraction of sp³-hybridized carbons (Fsp3) is 0.405. The van der Waals surface area contributed by atoms with Crippen LogP contribution in [0.25, 0.3) is 11.3 Å². The van der Waals surface area contributed by atoms with Gasteiger partial charge in [-0.25, -0.2) is 9.07 Å². The molecule has 58 heavy (non-hydrogen) atoms. The number of nitrogens with one attached hydrogen (secondary N) is 2. The van der Waals surface area contributed by atoms with Crippen LogP contribution < -0.4 is 25.2 Å². The maximum atomic E-state index is 15.4. The molecule has 0 aliphatic carbocycles. The van der Waals surface area contributed by atoms with Gasteiger partial charge in [-0.3, -0.25) is 34.4 Å². The number of anilines is 3. The highest BCUT2D eigenvalue weighted by molar-refractivity contribution is 6.19. The summed E-state index contributed by atoms with van der Waals surface area (Å²) in [4.78, 5) is 68.6. The number of imide groups is 1. The summed E-state index contributed by atoms with van der Waals surface area (Å²) in [5, 5.41) is 10.1. The molecule has 5 aliphatic heterocycles. The van der Waals surface area contributed by atoms with Crippen LogP contribution in [0.4, 0.5) is 21.5 Å². The number of halogens is 1. The minimum absolute atomic E-state index is 0.00867. The monoisotopic (exact) mass is 788 g/mol. The average Bonchev–Trinajstić information content (AvgIpc) is 3.84. The predicted octanol–water partition coefficient (Wildman–Crippen LogP) is 4.25. The molecule has 15 nitrogen and oxygen atoms in total. The molecule has 0 spiro atoms. The van der Waals surface area contributed by atoms with E-state index in [-0.39, 0.29) is 42.7 Å². The van der Waals surface area contributed by atoms with E-state index in [1.54, 1.807) is 23.0 Å². The van der Waals surface area contributed by atoms with Gasteiger partial charge in [-0.2, -0.15) is 10.1 Å². The molecule has 4 amide bonds. The van der Waals surface area contributed by atoms with Gasteiger partial charge in [-0.1, -0.05) is 13.0 Å². The van der Waals surface area contributed by atoms with Gasteiger partial charge in [0.25, 0.3) is 11.8 Å². The zero-order valence-electron chi connectivity index (χ0n) is 32.8. The van der Waals surface area contributed by atoms with Crippen LogP contribution in [0, 0.1) is 18.7 Å². The molecule has 2 N–H and O–H groups in total. The first-order chi connectivity index (χ1) is 28.0. The topological polar surface area (TPSA) is 158 Å². The Morgan fingerprint density at radius 2 is 1.81 bits per heavy atom. The summed E-state index contributed by atoms with van der Waals surface area (Å²) in [5.74, 6) is -0.992. The maximum absolute atomic E-state index is 15.4. The fourth-order valence-corrected chi connectivity index (χ4v) is 8.72. The molecule has 9 rings (SSSR count). The minimum atomic E-state index is -0.790. The second kappa shape index (κ2) is 15.0. The second-order valence-corrected chi connectivity index (χ2v) is 15.9. The van der Waals surface area contributed by atoms with Gasteiger partial charge < -0.3 is 24.8 Å². The molecule has 300 valence electrons. The third-order valence-corrected chi connectivity index (χ3v) is 11.7. The maximum Gasteiger partial charge on any atom is 0.280 e. The number of rotatable bonds is 4. The van der Waals surface area contributed by atoms with Crippen molar-refractivity contribution in [1.82, 2.24) is 29.9 Å². The average molecular weight is 789 g/mol. The van der Waals surface area contributed by atoms with Gasteiger partial charge in [0.15, 0.2) is 0 Å². The SMILES string of the molecule is Cc1cc2cc(n1)-c1cnn(C)c1OCCC[C@@H](C)CN1/C(=N/C2=O)Nc2ccc(N3CCN(Cc4cc(F)c5c(c4)CN(C4CCC(=O)NC4=O)C5=O)CC3)cc21. The molecule has 0 saturated carbocycles. The molecule has 16 heteroatoms. The van der Waals surface area contributed by atoms with Gasteiger partial charge >= 0.3 is 0 Å². The third-order valence-electron chi connectivity index (χ3n) is 11.7. The van der Waals surface area contributed by atoms with Crippen molar-refractivity contribution in [3.8, 4) is 17.1 Å². The Morgan fingerprint density at radius 3 is 2.62 bits per heavy atom. The Bertz CT molecular complexity index is 2390. The number of aliphatic imine (C=N–C) groups is 1. The number of hydrogen-bond acceptors (Lipinski definition) is 11. The lowest BCUT2D eigenvalue weighted by Gasteiger charge is -2.36. The fourth-order valence-electron chi connectivity index (χ4n) is 8.72. The summed E-state index contributed by atoms with van der Waals surface area (Å²) in [7, 11) is 1.83. The number of nitrogens with zero attached hydrogens (tertiary/aromatic N) is 8. The van der Waals surface area contributed by atoms with Crippen molar-refractivity contribution in [1.29, 1.82) is 0 Å². The van der Waals surface area contributed by atoms with Gasteiger partial charge in [0.1, 0.15) is 11.9 Å². The zero-order valence-corrected chi connectivity index (χ0v) is 32.8. The number of piperidine rings is 1. The van der Waals surface area contributed by atoms with Crippen LogP contribution in [0.15, 0.2) is 53.7 Å². The van der Waals surface area contributed by atoms with Crippen molar-refractivity contribution in [2.24, 2.45) is 18.0 Å². The van der Waals surface area contributed by atoms with Crippen LogP contribution in [0.5, 0.6) is 5.88 Å². The third kappa shape index (κ3) is 7.05. The molecule has 1 unspecified atom stereocenters. The molecule has 2 bridgehead atoms. The number of guanidine groups is 1. The summed E-state index contributed by atoms with van der Waals surface area (Å²) >= 11 is 0. The molecule has 4 aromatic rings. The van der Waals surface area contributed by atoms with E-state index in [9.17, 15) is 19.2 Å². The first kappa shape index (κ1) is 37.4. The largest absolute Gasteiger partial charge is 0.477 e. The Morgan fingerprint density at radius 1 is 0.983 bits per heavy atom. The number of fused-ring (bicyclic) bond motifs is 8. The van der Waals surface area contributed by atoms with Crippen molar-refractivity contribution < 1.29 is 28.3 Å². The highest BCUT2D eigenvalue weighted by atomic mass is 19.1. The summed E-state index contributed by atoms with van der Waals surface area (Å²) < 4.78 is 23.4. The number of carbonyl (C=O) groups is 4. The van der Waals surface area contributed by atoms with Gasteiger partial charge in [0, 0.05) is 76.2 Å². The Balaban J connectivity index is 0.899. The lowest BCUT2D eigenvalue weighted by molar-refractivity contribution is -0.136. The van der Waals surface area contributed by atoms with Crippen molar-refractivity contribution >= 4 is 46.7 Å². The van der Waals surface area contributed by atoms with Crippen LogP contribution in [0.3, 0.4) is 0 Å². The van der Waals surface area contributed by atoms with Gasteiger partial charge in [-0.15, -0.1) is 0 Å². The highest BCUT2D eigenvalue weighted by Crippen LogP contribution is 2.38. The van der Waals surface area contributed by atoms with Crippen molar-refractivity contribution in [2.75, 3.05) is 54.4 Å². The van der Waals surface area contributed by atoms with Crippen LogP contribution in [-0.4, -0.2) is 99.5 Å². The number of benzene rings is 2. The summed E-state index contributed by atoms with van der Waals surface area (Å²) in [6, 6.07) is 12.3. The highest BCUT2D eigenvalue weighted by Gasteiger charge is 2.41. The zero-order chi connectivity index (χ0) is 40.2. The quantitative estimate of drug-likeness (QED) is 0.285. The molecule has 5 aliphatic rings. The van der Waals surface area contributed by atoms with E-state index in [2.05, 4.69) is 54.5 Å². The number of piperazine rings is 1. The van der Waals surface area contributed by atoms with Crippen molar-refractivity contribution in [2.45, 2.75) is 58.7 Å². The minimum Gasteiger partial charge on any atom is -0.477 e. The normalized spacial score (nSPS) is 22.1. The molecule has 2 saturated heterocycles. The number of aromatic nitrogens is 3. The smallest absolute Gasteiger partial charge is 0.280 e. The second-order valence-electron chi connectivity index (χ2n) is 15.9. The summed E-state index contributed by atoms with van der Waals surface area (Å²) in [5.41, 5.74) is 6.68. The van der Waals surface area contributed by atoms with Gasteiger partial charge in [0.2, 0.25) is 23.7 Å². The van der Waals surface area contributed by atoms with Gasteiger partial charge in [0.05, 0.1) is 41.0 Å². The number of carbonyl (C=O) groups excluding carboxylic acids is 4. The molecular weight excluding hydrogens is 744 g/mol. The van der Waals surface area contributed by atoms with Crippen molar-refractivity contribution in [3.05, 3.63) is 82.4 Å². The molecule has 2 aromatic carbocycles. The number of ether oxygens (including phenoxy) is 1. The lowest BCUT2D eigenvalue weighted by Crippen LogP contribution is -2.52. The van der Waals surface area contributed by atoms with E-state index >= 15 is 4.39 Å². The Hall–Kier alpha value is -6.16. The first-order valence-electron chi connectivity index (χ1n) is 19.9. The van der Waals surface area contributed by atoms with E-state index < -0.39 is 23.7 Å². The Labute approximate surface area is 334 Å². The van der Waals surface area contributed by atoms with E-state index in [1.807, 2.05) is 26.1 Å². The molecule has 2 aromatic heterocycles. The van der Waals surface area contributed by atoms with Crippen LogP contribution in [0.2, 0.25) is 0 Å². The molecule has 2 fully saturated rings. The number of aryl methyl sites for hydroxylation is 2. The van der Waals surface area contributed by atoms with E-state index in [0.717, 1.165) is 67.2 Å². The number of hydrogen-bond donors (Lipinski definition) is 2. The van der Waals surface area contributed by atoms with Crippen LogP contribution >= 0.6 is 0 Å². The standard InChI is InChI=1S/C42H45FN10O5/c1-24-5-4-14-58-41-30(20-44-49(41)3)33-18-27(15-25(2)45-33)38(55)48-42-46-32-7-6-29(19-35(32)53(42)21-24)51-12-10-50(11-13-51)22-26-16-28-23-52(40(57)37(28)31(43)17-26)34-8-9-36(54)47-39(34)56/h6-7,15-20,24,34H,4-5,8-14,21-23H2,1-3H3,(H,46,48,55)(H,47,54,56)/t24-,34?/m1/s1. The van der Waals surface area contributed by atoms with E-state index in [4.69, 9.17) is 9.72 Å². The van der Waals surface area contributed by atoms with Crippen molar-refractivity contribution in [3.63, 3.8) is 0 Å². The van der Waals surface area contributed by atoms with E-state index in [0.29, 0.717) is 54.1 Å². The summed E-state index contributed by atoms with van der Waals surface area (Å²) in [6.07, 6.45) is 3.82. The predicted molar refractivity (Wildman–Crippen MR) is 214 cm³/mol. The van der Waals surface area contributed by atoms with Crippen LogP contribution in [-0.2, 0) is 29.7 Å². The lowest BCUT2D eigenvalue weighted by atomic mass is 10.0. The van der Waals surface area contributed by atoms with Gasteiger partial charge in [-0.05, 0) is 79.6 Å². The molecule has 2 atom stereocenters. The van der Waals surface area contributed by atoms with Crippen LogP contribution in [0.1, 0.15) is 70.1 Å². The first-order valence-corrected chi connectivity index (χ1v) is 19.9. The molecular formula is C42H45FN10O5. The summed E-state index contributed by atoms with van der Waals surface area (Å²) in [6.45, 7) is 8.85. The molecule has 0 radical (unpaired) electrons. The molecule has 7 heterocycles.